The van der Waals surface area contributed by atoms with Gasteiger partial charge in [-0.1, -0.05) is 13.0 Å². The number of carboxylic acids is 1. The van der Waals surface area contributed by atoms with E-state index >= 15 is 0 Å². The maximum absolute atomic E-state index is 12.9. The largest absolute Gasteiger partial charge is 0.480 e. The van der Waals surface area contributed by atoms with Crippen molar-refractivity contribution in [2.24, 2.45) is 0 Å². The highest BCUT2D eigenvalue weighted by molar-refractivity contribution is 14.1. The first-order chi connectivity index (χ1) is 13.5. The summed E-state index contributed by atoms with van der Waals surface area (Å²) in [6.07, 6.45) is -2.19. The number of carbonyl (C=O) groups is 1. The average Bonchev–Trinajstić information content (AvgIpc) is 2.97. The first-order valence-electron chi connectivity index (χ1n) is 9.64. The number of hydrogen-bond acceptors (Lipinski definition) is 3. The molecule has 2 aromatic rings. The fraction of sp³-hybridized carbons (Fsp3) is 0.550. The Kier molecular flexibility index (Phi) is 6.38. The molecule has 9 heteroatoms. The lowest BCUT2D eigenvalue weighted by atomic mass is 9.92. The van der Waals surface area contributed by atoms with E-state index in [9.17, 15) is 23.1 Å². The summed E-state index contributed by atoms with van der Waals surface area (Å²) in [5.74, 6) is -0.809. The van der Waals surface area contributed by atoms with Crippen LogP contribution in [0.1, 0.15) is 33.1 Å². The molecule has 1 unspecified atom stereocenters. The van der Waals surface area contributed by atoms with E-state index in [0.717, 1.165) is 23.9 Å². The van der Waals surface area contributed by atoms with Gasteiger partial charge in [0.25, 0.3) is 0 Å². The summed E-state index contributed by atoms with van der Waals surface area (Å²) in [7, 11) is 0. The molecule has 0 spiro atoms. The van der Waals surface area contributed by atoms with Gasteiger partial charge in [-0.2, -0.15) is 13.2 Å². The maximum atomic E-state index is 12.9. The van der Waals surface area contributed by atoms with Crippen molar-refractivity contribution in [3.05, 3.63) is 28.0 Å². The first kappa shape index (κ1) is 22.2. The second-order valence-corrected chi connectivity index (χ2v) is 8.85. The smallest absolute Gasteiger partial charge is 0.406 e. The van der Waals surface area contributed by atoms with Crippen LogP contribution < -0.4 is 5.32 Å². The lowest BCUT2D eigenvalue weighted by molar-refractivity contribution is -0.151. The lowest BCUT2D eigenvalue weighted by Gasteiger charge is -2.42. The predicted molar refractivity (Wildman–Crippen MR) is 115 cm³/mol. The molecule has 3 rings (SSSR count). The van der Waals surface area contributed by atoms with Crippen LogP contribution >= 0.6 is 22.6 Å². The molecule has 0 radical (unpaired) electrons. The third kappa shape index (κ3) is 4.65. The second kappa shape index (κ2) is 8.33. The topological polar surface area (TPSA) is 57.5 Å². The molecule has 1 aromatic carbocycles. The summed E-state index contributed by atoms with van der Waals surface area (Å²) in [5, 5.41) is 13.8. The number of aliphatic carboxylic acids is 1. The van der Waals surface area contributed by atoms with Crippen molar-refractivity contribution in [2.75, 3.05) is 18.4 Å². The molecule has 5 nitrogen and oxygen atoms in total. The quantitative estimate of drug-likeness (QED) is 0.527. The van der Waals surface area contributed by atoms with Gasteiger partial charge in [0.15, 0.2) is 0 Å². The summed E-state index contributed by atoms with van der Waals surface area (Å²) in [6.45, 7) is 3.96. The average molecular weight is 523 g/mol. The number of likely N-dealkylation sites (tertiary alicyclic amines) is 1. The molecule has 1 atom stereocenters. The van der Waals surface area contributed by atoms with Crippen LogP contribution in [-0.2, 0) is 11.3 Å². The molecule has 2 N–H and O–H groups in total. The number of alkyl halides is 3. The fourth-order valence-corrected chi connectivity index (χ4v) is 4.71. The van der Waals surface area contributed by atoms with Gasteiger partial charge >= 0.3 is 12.1 Å². The van der Waals surface area contributed by atoms with Crippen LogP contribution in [0.3, 0.4) is 0 Å². The number of piperidine rings is 1. The number of nitrogens with one attached hydrogen (secondary N) is 1. The molecular formula is C20H25F3IN3O2. The van der Waals surface area contributed by atoms with Gasteiger partial charge in [0.2, 0.25) is 0 Å². The molecule has 1 aromatic heterocycles. The second-order valence-electron chi connectivity index (χ2n) is 7.74. The monoisotopic (exact) mass is 523 g/mol. The zero-order valence-corrected chi connectivity index (χ0v) is 18.5. The number of aromatic nitrogens is 1. The Morgan fingerprint density at radius 2 is 1.97 bits per heavy atom. The van der Waals surface area contributed by atoms with E-state index in [4.69, 9.17) is 0 Å². The molecule has 0 amide bonds. The van der Waals surface area contributed by atoms with Crippen molar-refractivity contribution < 1.29 is 23.1 Å². The number of carboxylic acid groups (broad SMARTS) is 1. The number of halogens is 4. The van der Waals surface area contributed by atoms with Crippen molar-refractivity contribution in [3.8, 4) is 0 Å². The molecule has 0 aliphatic carbocycles. The SMILES string of the molecule is CCC(C)(C(=O)O)N1CCC(Nc2cccc3c2cc(I)n3CC(F)(F)F)CC1. The highest BCUT2D eigenvalue weighted by atomic mass is 127. The Bertz CT molecular complexity index is 891. The third-order valence-corrected chi connectivity index (χ3v) is 6.83. The van der Waals surface area contributed by atoms with E-state index < -0.39 is 24.2 Å². The van der Waals surface area contributed by atoms with E-state index in [2.05, 4.69) is 5.32 Å². The molecule has 1 saturated heterocycles. The minimum atomic E-state index is -4.28. The van der Waals surface area contributed by atoms with Crippen molar-refractivity contribution >= 4 is 45.2 Å². The highest BCUT2D eigenvalue weighted by Gasteiger charge is 2.39. The van der Waals surface area contributed by atoms with Crippen molar-refractivity contribution in [3.63, 3.8) is 0 Å². The van der Waals surface area contributed by atoms with Gasteiger partial charge in [-0.05, 0) is 67.0 Å². The zero-order valence-electron chi connectivity index (χ0n) is 16.4. The van der Waals surface area contributed by atoms with Gasteiger partial charge in [-0.25, -0.2) is 0 Å². The standard InChI is InChI=1S/C20H25F3IN3O2/c1-3-19(2,18(28)29)26-9-7-13(8-10-26)25-15-5-4-6-16-14(15)11-17(24)27(16)12-20(21,22)23/h4-6,11,13,25H,3,7-10,12H2,1-2H3,(H,28,29). The number of rotatable bonds is 6. The highest BCUT2D eigenvalue weighted by Crippen LogP contribution is 2.32. The summed E-state index contributed by atoms with van der Waals surface area (Å²) >= 11 is 1.94. The van der Waals surface area contributed by atoms with Crippen LogP contribution in [0.4, 0.5) is 18.9 Å². The molecule has 0 saturated carbocycles. The normalized spacial score (nSPS) is 18.7. The van der Waals surface area contributed by atoms with E-state index in [0.29, 0.717) is 28.7 Å². The summed E-state index contributed by atoms with van der Waals surface area (Å²) in [4.78, 5) is 13.7. The van der Waals surface area contributed by atoms with E-state index in [1.807, 2.05) is 40.5 Å². The minimum Gasteiger partial charge on any atom is -0.480 e. The van der Waals surface area contributed by atoms with Crippen LogP contribution in [0.15, 0.2) is 24.3 Å². The fourth-order valence-electron chi connectivity index (χ4n) is 3.97. The molecule has 1 aliphatic heterocycles. The molecule has 29 heavy (non-hydrogen) atoms. The van der Waals surface area contributed by atoms with E-state index in [1.165, 1.54) is 4.57 Å². The van der Waals surface area contributed by atoms with Crippen LogP contribution in [0.25, 0.3) is 10.9 Å². The predicted octanol–water partition coefficient (Wildman–Crippen LogP) is 4.94. The number of fused-ring (bicyclic) bond motifs is 1. The molecule has 0 bridgehead atoms. The summed E-state index contributed by atoms with van der Waals surface area (Å²) in [6, 6.07) is 7.28. The number of hydrogen-bond donors (Lipinski definition) is 2. The molecule has 1 aliphatic rings. The van der Waals surface area contributed by atoms with Gasteiger partial charge in [0, 0.05) is 30.2 Å². The van der Waals surface area contributed by atoms with Gasteiger partial charge in [0.05, 0.1) is 9.22 Å². The molecule has 1 fully saturated rings. The molecule has 2 heterocycles. The van der Waals surface area contributed by atoms with E-state index in [1.54, 1.807) is 25.1 Å². The number of nitrogens with zero attached hydrogens (tertiary/aromatic N) is 2. The number of anilines is 1. The Labute approximate surface area is 181 Å². The van der Waals surface area contributed by atoms with Crippen molar-refractivity contribution in [2.45, 2.75) is 57.4 Å². The van der Waals surface area contributed by atoms with E-state index in [-0.39, 0.29) is 6.04 Å². The lowest BCUT2D eigenvalue weighted by Crippen LogP contribution is -2.55. The first-order valence-corrected chi connectivity index (χ1v) is 10.7. The van der Waals surface area contributed by atoms with Crippen LogP contribution in [0.5, 0.6) is 0 Å². The molecular weight excluding hydrogens is 498 g/mol. The summed E-state index contributed by atoms with van der Waals surface area (Å²) in [5.41, 5.74) is 0.505. The van der Waals surface area contributed by atoms with Gasteiger partial charge in [0.1, 0.15) is 12.1 Å². The van der Waals surface area contributed by atoms with Crippen molar-refractivity contribution in [1.82, 2.24) is 9.47 Å². The Balaban J connectivity index is 1.75. The Morgan fingerprint density at radius 3 is 2.52 bits per heavy atom. The van der Waals surface area contributed by atoms with Crippen LogP contribution in [0.2, 0.25) is 0 Å². The third-order valence-electron chi connectivity index (χ3n) is 5.93. The van der Waals surface area contributed by atoms with Gasteiger partial charge in [-0.15, -0.1) is 0 Å². The maximum Gasteiger partial charge on any atom is 0.406 e. The Hall–Kier alpha value is -1.49. The molecule has 160 valence electrons. The van der Waals surface area contributed by atoms with Crippen molar-refractivity contribution in [1.29, 1.82) is 0 Å². The number of benzene rings is 1. The summed E-state index contributed by atoms with van der Waals surface area (Å²) < 4.78 is 40.6. The minimum absolute atomic E-state index is 0.148. The van der Waals surface area contributed by atoms with Crippen LogP contribution in [-0.4, -0.2) is 51.4 Å². The van der Waals surface area contributed by atoms with Gasteiger partial charge < -0.3 is 15.0 Å². The van der Waals surface area contributed by atoms with Gasteiger partial charge in [-0.3, -0.25) is 9.69 Å². The van der Waals surface area contributed by atoms with Crippen LogP contribution in [0, 0.1) is 3.70 Å². The Morgan fingerprint density at radius 1 is 1.31 bits per heavy atom. The zero-order chi connectivity index (χ0) is 21.4.